The number of aromatic nitrogens is 2. The minimum absolute atomic E-state index is 0.0435. The summed E-state index contributed by atoms with van der Waals surface area (Å²) < 4.78 is 2.01. The van der Waals surface area contributed by atoms with Crippen LogP contribution >= 0.6 is 0 Å². The zero-order chi connectivity index (χ0) is 17.6. The molecular weight excluding hydrogens is 314 g/mol. The average molecular weight is 341 g/mol. The number of aryl methyl sites for hydroxylation is 1. The molecule has 0 radical (unpaired) electrons. The molecule has 0 spiro atoms. The van der Waals surface area contributed by atoms with E-state index < -0.39 is 0 Å². The van der Waals surface area contributed by atoms with E-state index in [1.807, 2.05) is 29.1 Å². The molecule has 1 aromatic heterocycles. The highest BCUT2D eigenvalue weighted by Gasteiger charge is 2.24. The third kappa shape index (κ3) is 4.27. The van der Waals surface area contributed by atoms with E-state index in [2.05, 4.69) is 39.8 Å². The number of nitrogens with one attached hydrogen (secondary N) is 2. The van der Waals surface area contributed by atoms with Crippen molar-refractivity contribution >= 4 is 5.91 Å². The van der Waals surface area contributed by atoms with Crippen LogP contribution in [0.3, 0.4) is 0 Å². The molecule has 6 heteroatoms. The molecule has 3 rings (SSSR count). The van der Waals surface area contributed by atoms with Crippen molar-refractivity contribution in [3.8, 4) is 0 Å². The van der Waals surface area contributed by atoms with E-state index in [9.17, 15) is 4.79 Å². The molecule has 1 aliphatic heterocycles. The molecule has 1 aromatic carbocycles. The van der Waals surface area contributed by atoms with Crippen LogP contribution in [-0.2, 0) is 13.1 Å². The maximum atomic E-state index is 11.9. The summed E-state index contributed by atoms with van der Waals surface area (Å²) in [5.74, 6) is -0.0435. The Bertz CT molecular complexity index is 711. The van der Waals surface area contributed by atoms with Crippen molar-refractivity contribution in [2.24, 2.45) is 0 Å². The summed E-state index contributed by atoms with van der Waals surface area (Å²) >= 11 is 0. The van der Waals surface area contributed by atoms with Gasteiger partial charge in [0.05, 0.1) is 6.20 Å². The van der Waals surface area contributed by atoms with Crippen LogP contribution in [0.25, 0.3) is 0 Å². The predicted molar refractivity (Wildman–Crippen MR) is 98.4 cm³/mol. The minimum Gasteiger partial charge on any atom is -0.355 e. The number of amides is 1. The van der Waals surface area contributed by atoms with Gasteiger partial charge < -0.3 is 10.6 Å². The number of carbonyl (C=O) groups is 1. The summed E-state index contributed by atoms with van der Waals surface area (Å²) in [6.07, 6.45) is 5.20. The van der Waals surface area contributed by atoms with Gasteiger partial charge in [-0.05, 0) is 24.1 Å². The predicted octanol–water partition coefficient (Wildman–Crippen LogP) is 1.80. The standard InChI is InChI=1S/C19H27N5O/c1-3-8-24-14-15(11-22-24)13-23-9-7-21-12-18(23)16-5-4-6-17(10-16)19(25)20-2/h4-6,10-11,14,18,21H,3,7-9,12-13H2,1-2H3,(H,20,25)/t18-/m0/s1. The Morgan fingerprint density at radius 3 is 3.12 bits per heavy atom. The molecule has 0 unspecified atom stereocenters. The normalized spacial score (nSPS) is 18.2. The number of hydrogen-bond acceptors (Lipinski definition) is 4. The minimum atomic E-state index is -0.0435. The largest absolute Gasteiger partial charge is 0.355 e. The summed E-state index contributed by atoms with van der Waals surface area (Å²) in [6, 6.07) is 8.19. The van der Waals surface area contributed by atoms with Gasteiger partial charge in [-0.25, -0.2) is 0 Å². The molecule has 6 nitrogen and oxygen atoms in total. The first-order chi connectivity index (χ1) is 12.2. The summed E-state index contributed by atoms with van der Waals surface area (Å²) in [5, 5.41) is 10.6. The zero-order valence-electron chi connectivity index (χ0n) is 15.0. The molecule has 0 bridgehead atoms. The number of hydrogen-bond donors (Lipinski definition) is 2. The fourth-order valence-electron chi connectivity index (χ4n) is 3.37. The van der Waals surface area contributed by atoms with Crippen molar-refractivity contribution in [2.75, 3.05) is 26.7 Å². The SMILES string of the molecule is CCCn1cc(CN2CCNC[C@H]2c2cccc(C(=O)NC)c2)cn1. The smallest absolute Gasteiger partial charge is 0.251 e. The highest BCUT2D eigenvalue weighted by Crippen LogP contribution is 2.25. The lowest BCUT2D eigenvalue weighted by Crippen LogP contribution is -2.45. The molecule has 1 saturated heterocycles. The van der Waals surface area contributed by atoms with Gasteiger partial charge in [-0.15, -0.1) is 0 Å². The fourth-order valence-corrected chi connectivity index (χ4v) is 3.37. The maximum absolute atomic E-state index is 11.9. The molecule has 1 aliphatic rings. The molecule has 25 heavy (non-hydrogen) atoms. The Balaban J connectivity index is 1.77. The van der Waals surface area contributed by atoms with Crippen molar-refractivity contribution in [3.05, 3.63) is 53.3 Å². The van der Waals surface area contributed by atoms with E-state index in [1.165, 1.54) is 11.1 Å². The Morgan fingerprint density at radius 1 is 1.44 bits per heavy atom. The second-order valence-corrected chi connectivity index (χ2v) is 6.51. The van der Waals surface area contributed by atoms with Crippen LogP contribution in [-0.4, -0.2) is 47.3 Å². The van der Waals surface area contributed by atoms with Gasteiger partial charge in [-0.2, -0.15) is 5.10 Å². The van der Waals surface area contributed by atoms with Gasteiger partial charge in [0.25, 0.3) is 5.91 Å². The van der Waals surface area contributed by atoms with Gasteiger partial charge >= 0.3 is 0 Å². The molecule has 0 saturated carbocycles. The molecule has 2 N–H and O–H groups in total. The molecule has 1 atom stereocenters. The van der Waals surface area contributed by atoms with Crippen molar-refractivity contribution in [1.82, 2.24) is 25.3 Å². The molecule has 1 fully saturated rings. The van der Waals surface area contributed by atoms with E-state index in [0.29, 0.717) is 5.56 Å². The zero-order valence-corrected chi connectivity index (χ0v) is 15.0. The summed E-state index contributed by atoms with van der Waals surface area (Å²) in [6.45, 7) is 6.84. The van der Waals surface area contributed by atoms with E-state index in [0.717, 1.165) is 39.1 Å². The van der Waals surface area contributed by atoms with Crippen molar-refractivity contribution in [1.29, 1.82) is 0 Å². The average Bonchev–Trinajstić information content (AvgIpc) is 3.09. The molecule has 2 aromatic rings. The van der Waals surface area contributed by atoms with Crippen molar-refractivity contribution < 1.29 is 4.79 Å². The molecule has 2 heterocycles. The van der Waals surface area contributed by atoms with Gasteiger partial charge in [0, 0.05) is 63.1 Å². The molecular formula is C19H27N5O. The summed E-state index contributed by atoms with van der Waals surface area (Å²) in [7, 11) is 1.66. The number of rotatable bonds is 6. The summed E-state index contributed by atoms with van der Waals surface area (Å²) in [4.78, 5) is 14.4. The van der Waals surface area contributed by atoms with Gasteiger partial charge in [-0.1, -0.05) is 19.1 Å². The van der Waals surface area contributed by atoms with E-state index in [-0.39, 0.29) is 11.9 Å². The second kappa shape index (κ2) is 8.27. The van der Waals surface area contributed by atoms with Crippen molar-refractivity contribution in [3.63, 3.8) is 0 Å². The van der Waals surface area contributed by atoms with Crippen LogP contribution in [0, 0.1) is 0 Å². The number of carbonyl (C=O) groups excluding carboxylic acids is 1. The third-order valence-corrected chi connectivity index (χ3v) is 4.64. The van der Waals surface area contributed by atoms with Crippen LogP contribution in [0.1, 0.15) is 40.9 Å². The Kier molecular flexibility index (Phi) is 5.83. The Hall–Kier alpha value is -2.18. The lowest BCUT2D eigenvalue weighted by Gasteiger charge is -2.36. The van der Waals surface area contributed by atoms with Gasteiger partial charge in [0.1, 0.15) is 0 Å². The maximum Gasteiger partial charge on any atom is 0.251 e. The van der Waals surface area contributed by atoms with Gasteiger partial charge in [0.2, 0.25) is 0 Å². The van der Waals surface area contributed by atoms with Crippen LogP contribution in [0.15, 0.2) is 36.7 Å². The lowest BCUT2D eigenvalue weighted by molar-refractivity contribution is 0.0962. The van der Waals surface area contributed by atoms with E-state index in [1.54, 1.807) is 7.05 Å². The van der Waals surface area contributed by atoms with Gasteiger partial charge in [0.15, 0.2) is 0 Å². The topological polar surface area (TPSA) is 62.2 Å². The van der Waals surface area contributed by atoms with Crippen molar-refractivity contribution in [2.45, 2.75) is 32.5 Å². The van der Waals surface area contributed by atoms with E-state index in [4.69, 9.17) is 0 Å². The Labute approximate surface area is 149 Å². The van der Waals surface area contributed by atoms with E-state index >= 15 is 0 Å². The first-order valence-electron chi connectivity index (χ1n) is 8.99. The fraction of sp³-hybridized carbons (Fsp3) is 0.474. The van der Waals surface area contributed by atoms with Gasteiger partial charge in [-0.3, -0.25) is 14.4 Å². The highest BCUT2D eigenvalue weighted by atomic mass is 16.1. The molecule has 134 valence electrons. The third-order valence-electron chi connectivity index (χ3n) is 4.64. The van der Waals surface area contributed by atoms with Crippen LogP contribution in [0.5, 0.6) is 0 Å². The number of piperazine rings is 1. The lowest BCUT2D eigenvalue weighted by atomic mass is 10.00. The molecule has 0 aliphatic carbocycles. The van der Waals surface area contributed by atoms with Crippen LogP contribution in [0.4, 0.5) is 0 Å². The first-order valence-corrected chi connectivity index (χ1v) is 8.99. The first kappa shape index (κ1) is 17.6. The number of benzene rings is 1. The molecule has 1 amide bonds. The number of nitrogens with zero attached hydrogens (tertiary/aromatic N) is 3. The second-order valence-electron chi connectivity index (χ2n) is 6.51. The summed E-state index contributed by atoms with van der Waals surface area (Å²) in [5.41, 5.74) is 3.12. The van der Waals surface area contributed by atoms with Crippen LogP contribution < -0.4 is 10.6 Å². The highest BCUT2D eigenvalue weighted by molar-refractivity contribution is 5.94. The van der Waals surface area contributed by atoms with Crippen LogP contribution in [0.2, 0.25) is 0 Å². The quantitative estimate of drug-likeness (QED) is 0.841. The Morgan fingerprint density at radius 2 is 2.32 bits per heavy atom. The monoisotopic (exact) mass is 341 g/mol.